The molecule has 1 fully saturated rings. The summed E-state index contributed by atoms with van der Waals surface area (Å²) in [6.45, 7) is 5.76. The summed E-state index contributed by atoms with van der Waals surface area (Å²) in [5.74, 6) is -3.18. The maximum Gasteiger partial charge on any atom is 0.335 e. The van der Waals surface area contributed by atoms with Crippen LogP contribution in [-0.4, -0.2) is 89.2 Å². The Morgan fingerprint density at radius 1 is 0.410 bits per heavy atom. The van der Waals surface area contributed by atoms with E-state index in [0.29, 0.717) is 19.3 Å². The third kappa shape index (κ3) is 47.3. The lowest BCUT2D eigenvalue weighted by atomic mass is 9.98. The molecule has 0 spiro atoms. The summed E-state index contributed by atoms with van der Waals surface area (Å²) >= 11 is 0. The zero-order valence-corrected chi connectivity index (χ0v) is 52.2. The maximum atomic E-state index is 13.2. The van der Waals surface area contributed by atoms with Gasteiger partial charge in [-0.1, -0.05) is 252 Å². The molecule has 12 heteroatoms. The lowest BCUT2D eigenvalue weighted by Crippen LogP contribution is -2.61. The number of aliphatic carboxylic acids is 1. The number of carboxylic acid groups (broad SMARTS) is 1. The number of esters is 3. The van der Waals surface area contributed by atoms with Crippen LogP contribution in [0.1, 0.15) is 265 Å². The van der Waals surface area contributed by atoms with Crippen LogP contribution in [0.15, 0.2) is 109 Å². The molecule has 1 aliphatic rings. The summed E-state index contributed by atoms with van der Waals surface area (Å²) in [6.07, 6.45) is 66.1. The topological polar surface area (TPSA) is 175 Å². The molecule has 0 bridgehead atoms. The fraction of sp³-hybridized carbons (Fsp3) is 0.690. The lowest BCUT2D eigenvalue weighted by molar-refractivity contribution is -0.301. The number of hydrogen-bond donors (Lipinski definition) is 3. The first-order chi connectivity index (χ1) is 40.6. The van der Waals surface area contributed by atoms with Gasteiger partial charge in [-0.25, -0.2) is 4.79 Å². The van der Waals surface area contributed by atoms with Crippen molar-refractivity contribution in [2.24, 2.45) is 0 Å². The van der Waals surface area contributed by atoms with Gasteiger partial charge in [0.2, 0.25) is 0 Å². The molecule has 0 aromatic carbocycles. The van der Waals surface area contributed by atoms with Crippen molar-refractivity contribution in [3.63, 3.8) is 0 Å². The Bertz CT molecular complexity index is 1860. The third-order valence-electron chi connectivity index (χ3n) is 14.3. The smallest absolute Gasteiger partial charge is 0.335 e. The number of aliphatic hydroxyl groups excluding tert-OH is 2. The summed E-state index contributed by atoms with van der Waals surface area (Å²) in [5.41, 5.74) is 0. The van der Waals surface area contributed by atoms with Crippen molar-refractivity contribution in [2.75, 3.05) is 13.2 Å². The fourth-order valence-electron chi connectivity index (χ4n) is 9.39. The van der Waals surface area contributed by atoms with Gasteiger partial charge in [0.05, 0.1) is 6.61 Å². The summed E-state index contributed by atoms with van der Waals surface area (Å²) in [7, 11) is 0. The predicted molar refractivity (Wildman–Crippen MR) is 340 cm³/mol. The van der Waals surface area contributed by atoms with Gasteiger partial charge in [-0.05, 0) is 103 Å². The molecule has 0 aliphatic carbocycles. The van der Waals surface area contributed by atoms with Crippen LogP contribution < -0.4 is 0 Å². The van der Waals surface area contributed by atoms with E-state index in [1.165, 1.54) is 70.6 Å². The number of allylic oxidation sites excluding steroid dienone is 18. The van der Waals surface area contributed by atoms with Crippen LogP contribution in [-0.2, 0) is 42.9 Å². The van der Waals surface area contributed by atoms with Crippen molar-refractivity contribution < 1.29 is 58.2 Å². The van der Waals surface area contributed by atoms with Crippen LogP contribution in [0.3, 0.4) is 0 Å². The molecule has 1 heterocycles. The fourth-order valence-corrected chi connectivity index (χ4v) is 9.39. The van der Waals surface area contributed by atoms with Crippen molar-refractivity contribution in [3.8, 4) is 0 Å². The van der Waals surface area contributed by atoms with Gasteiger partial charge in [0.25, 0.3) is 0 Å². The Morgan fingerprint density at radius 2 is 0.759 bits per heavy atom. The van der Waals surface area contributed by atoms with E-state index >= 15 is 0 Å². The SMILES string of the molecule is CC/C=C\C/C=C\C/C=C\C/C=C\C/C=C\CCCCCC(=O)OCC(COC1OC(C(=O)O)C(O)C(O)C1OC(=O)CCCCCCCC/C=C\C/C=C\C/C=C\C/C=C\CC)OC(=O)CCCCCCCCCCCCCCCCC. The van der Waals surface area contributed by atoms with Crippen LogP contribution in [0.5, 0.6) is 0 Å². The molecule has 12 nitrogen and oxygen atoms in total. The molecule has 0 aromatic rings. The highest BCUT2D eigenvalue weighted by atomic mass is 16.7. The van der Waals surface area contributed by atoms with Crippen LogP contribution in [0.2, 0.25) is 0 Å². The van der Waals surface area contributed by atoms with Crippen molar-refractivity contribution in [1.29, 1.82) is 0 Å². The molecular weight excluding hydrogens is 1040 g/mol. The zero-order chi connectivity index (χ0) is 60.3. The Morgan fingerprint density at radius 3 is 1.17 bits per heavy atom. The van der Waals surface area contributed by atoms with Gasteiger partial charge in [-0.3, -0.25) is 14.4 Å². The number of hydrogen-bond acceptors (Lipinski definition) is 11. The number of ether oxygens (including phenoxy) is 5. The van der Waals surface area contributed by atoms with Crippen molar-refractivity contribution >= 4 is 23.9 Å². The van der Waals surface area contributed by atoms with Crippen LogP contribution in [0.4, 0.5) is 0 Å². The normalized spacial score (nSPS) is 18.3. The van der Waals surface area contributed by atoms with E-state index in [9.17, 15) is 34.5 Å². The minimum absolute atomic E-state index is 0.0369. The highest BCUT2D eigenvalue weighted by Gasteiger charge is 2.50. The number of carbonyl (C=O) groups excluding carboxylic acids is 3. The van der Waals surface area contributed by atoms with Gasteiger partial charge in [0.1, 0.15) is 18.8 Å². The first-order valence-corrected chi connectivity index (χ1v) is 32.9. The van der Waals surface area contributed by atoms with E-state index < -0.39 is 67.3 Å². The quantitative estimate of drug-likeness (QED) is 0.0228. The van der Waals surface area contributed by atoms with E-state index in [2.05, 4.69) is 130 Å². The Kier molecular flexibility index (Phi) is 53.2. The summed E-state index contributed by atoms with van der Waals surface area (Å²) in [6, 6.07) is 0. The zero-order valence-electron chi connectivity index (χ0n) is 52.2. The number of carbonyl (C=O) groups is 4. The number of unbranched alkanes of at least 4 members (excludes halogenated alkanes) is 23. The minimum atomic E-state index is -1.92. The van der Waals surface area contributed by atoms with Gasteiger partial charge in [-0.15, -0.1) is 0 Å². The molecule has 0 aromatic heterocycles. The third-order valence-corrected chi connectivity index (χ3v) is 14.3. The second kappa shape index (κ2) is 57.8. The number of aliphatic hydroxyl groups is 2. The molecule has 0 saturated carbocycles. The van der Waals surface area contributed by atoms with E-state index in [4.69, 9.17) is 23.7 Å². The standard InChI is InChI=1S/C71H116O12/c1-4-7-10-13-16-19-22-25-28-30-32-34-37-39-42-45-48-51-54-57-63(72)79-60-62(81-64(73)58-55-52-49-46-43-40-36-27-24-21-18-15-12-9-6-3)61-80-71-69(67(76)66(75)68(83-71)70(77)78)82-65(74)59-56-53-50-47-44-41-38-35-33-31-29-26-23-20-17-14-11-8-5-2/h7-8,10-11,16-17,19-20,25-26,28-29,32-35,39,42,62,66-69,71,75-76H,4-6,9,12-15,18,21-24,27,30-31,36-38,40-41,43-61H2,1-3H3,(H,77,78)/b10-7-,11-8-,19-16-,20-17-,28-25-,29-26-,34-32-,35-33-,42-39-. The predicted octanol–water partition coefficient (Wildman–Crippen LogP) is 17.8. The Hall–Kier alpha value is -4.62. The van der Waals surface area contributed by atoms with Crippen molar-refractivity contribution in [2.45, 2.75) is 302 Å². The van der Waals surface area contributed by atoms with E-state index in [1.807, 2.05) is 0 Å². The van der Waals surface area contributed by atoms with Gasteiger partial charge in [-0.2, -0.15) is 0 Å². The molecule has 83 heavy (non-hydrogen) atoms. The molecule has 3 N–H and O–H groups in total. The summed E-state index contributed by atoms with van der Waals surface area (Å²) in [5, 5.41) is 31.6. The van der Waals surface area contributed by atoms with E-state index in [1.54, 1.807) is 0 Å². The lowest BCUT2D eigenvalue weighted by Gasteiger charge is -2.40. The average Bonchev–Trinajstić information content (AvgIpc) is 3.57. The molecular formula is C71H116O12. The van der Waals surface area contributed by atoms with Gasteiger partial charge < -0.3 is 39.0 Å². The van der Waals surface area contributed by atoms with Crippen LogP contribution >= 0.6 is 0 Å². The van der Waals surface area contributed by atoms with Gasteiger partial charge in [0.15, 0.2) is 24.6 Å². The van der Waals surface area contributed by atoms with E-state index in [0.717, 1.165) is 135 Å². The van der Waals surface area contributed by atoms with Crippen LogP contribution in [0, 0.1) is 0 Å². The molecule has 1 rings (SSSR count). The highest BCUT2D eigenvalue weighted by molar-refractivity contribution is 5.74. The Balaban J connectivity index is 2.69. The van der Waals surface area contributed by atoms with E-state index in [-0.39, 0.29) is 25.9 Å². The molecule has 0 amide bonds. The maximum absolute atomic E-state index is 13.2. The first-order valence-electron chi connectivity index (χ1n) is 32.9. The monoisotopic (exact) mass is 1160 g/mol. The molecule has 6 unspecified atom stereocenters. The Labute approximate surface area is 504 Å². The summed E-state index contributed by atoms with van der Waals surface area (Å²) in [4.78, 5) is 51.4. The second-order valence-corrected chi connectivity index (χ2v) is 22.0. The minimum Gasteiger partial charge on any atom is -0.479 e. The van der Waals surface area contributed by atoms with Crippen LogP contribution in [0.25, 0.3) is 0 Å². The number of rotatable bonds is 55. The largest absolute Gasteiger partial charge is 0.479 e. The average molecular weight is 1160 g/mol. The molecule has 1 saturated heterocycles. The molecule has 0 radical (unpaired) electrons. The highest BCUT2D eigenvalue weighted by Crippen LogP contribution is 2.27. The van der Waals surface area contributed by atoms with Gasteiger partial charge in [0, 0.05) is 19.3 Å². The first kappa shape index (κ1) is 76.4. The number of carboxylic acids is 1. The summed E-state index contributed by atoms with van der Waals surface area (Å²) < 4.78 is 28.5. The molecule has 6 atom stereocenters. The second-order valence-electron chi connectivity index (χ2n) is 22.0. The molecule has 472 valence electrons. The van der Waals surface area contributed by atoms with Crippen molar-refractivity contribution in [1.82, 2.24) is 0 Å². The van der Waals surface area contributed by atoms with Crippen molar-refractivity contribution in [3.05, 3.63) is 109 Å². The molecule has 1 aliphatic heterocycles. The van der Waals surface area contributed by atoms with Gasteiger partial charge >= 0.3 is 23.9 Å².